The summed E-state index contributed by atoms with van der Waals surface area (Å²) >= 11 is 0. The van der Waals surface area contributed by atoms with Crippen LogP contribution in [-0.2, 0) is 32.4 Å². The second kappa shape index (κ2) is 31.8. The number of oxime groups is 2. The van der Waals surface area contributed by atoms with Crippen LogP contribution >= 0.6 is 0 Å². The van der Waals surface area contributed by atoms with E-state index in [1.165, 1.54) is 39.8 Å². The Kier molecular flexibility index (Phi) is 22.6. The number of nitrogens with zero attached hydrogens (tertiary/aromatic N) is 4. The van der Waals surface area contributed by atoms with Crippen LogP contribution in [0, 0.1) is 25.7 Å². The molecular formula is C88H82F8N4O8. The van der Waals surface area contributed by atoms with Gasteiger partial charge < -0.3 is 28.3 Å². The molecule has 10 aromatic carbocycles. The Bertz CT molecular complexity index is 5140. The number of fused-ring (bicyclic) bond motifs is 10. The fourth-order valence-corrected chi connectivity index (χ4v) is 14.5. The number of aryl methyl sites for hydroxylation is 2. The lowest BCUT2D eigenvalue weighted by molar-refractivity contribution is -0.371. The number of aromatic nitrogens is 2. The minimum atomic E-state index is -6.75. The Labute approximate surface area is 619 Å². The average molecular weight is 1480 g/mol. The van der Waals surface area contributed by atoms with Crippen LogP contribution in [0.15, 0.2) is 204 Å². The van der Waals surface area contributed by atoms with E-state index in [1.807, 2.05) is 121 Å². The molecule has 108 heavy (non-hydrogen) atoms. The van der Waals surface area contributed by atoms with Gasteiger partial charge in [0.2, 0.25) is 0 Å². The second-order valence-electron chi connectivity index (χ2n) is 27.8. The first-order valence-electron chi connectivity index (χ1n) is 36.4. The summed E-state index contributed by atoms with van der Waals surface area (Å²) in [6.07, 6.45) is 7.82. The topological polar surface area (TPSA) is 140 Å². The third-order valence-corrected chi connectivity index (χ3v) is 20.4. The molecule has 2 aromatic heterocycles. The van der Waals surface area contributed by atoms with E-state index in [0.717, 1.165) is 119 Å². The number of hydrogen-bond donors (Lipinski definition) is 0. The summed E-state index contributed by atoms with van der Waals surface area (Å²) in [6, 6.07) is 54.9. The van der Waals surface area contributed by atoms with Crippen LogP contribution in [0.1, 0.15) is 158 Å². The van der Waals surface area contributed by atoms with E-state index >= 15 is 44.7 Å². The summed E-state index contributed by atoms with van der Waals surface area (Å²) in [5.41, 5.74) is 7.57. The highest BCUT2D eigenvalue weighted by Gasteiger charge is 2.81. The zero-order chi connectivity index (χ0) is 77.0. The van der Waals surface area contributed by atoms with Gasteiger partial charge in [0.25, 0.3) is 0 Å². The van der Waals surface area contributed by atoms with Crippen molar-refractivity contribution in [3.8, 4) is 11.5 Å². The van der Waals surface area contributed by atoms with Crippen molar-refractivity contribution in [1.29, 1.82) is 0 Å². The number of rotatable bonds is 31. The summed E-state index contributed by atoms with van der Waals surface area (Å²) in [6.45, 7) is 10.3. The monoisotopic (exact) mass is 1470 g/mol. The molecule has 2 atom stereocenters. The van der Waals surface area contributed by atoms with Crippen molar-refractivity contribution in [3.05, 3.63) is 250 Å². The zero-order valence-corrected chi connectivity index (χ0v) is 61.2. The van der Waals surface area contributed by atoms with Crippen LogP contribution < -0.4 is 9.47 Å². The minimum absolute atomic E-state index is 0.0470. The van der Waals surface area contributed by atoms with Crippen molar-refractivity contribution >= 4 is 100 Å². The third kappa shape index (κ3) is 15.1. The first-order chi connectivity index (χ1) is 51.7. The fourth-order valence-electron chi connectivity index (χ4n) is 14.5. The summed E-state index contributed by atoms with van der Waals surface area (Å²) in [4.78, 5) is 64.7. The summed E-state index contributed by atoms with van der Waals surface area (Å²) in [5.74, 6) is -28.2. The maximum Gasteiger partial charge on any atom is 0.381 e. The third-order valence-electron chi connectivity index (χ3n) is 20.4. The van der Waals surface area contributed by atoms with Crippen molar-refractivity contribution in [2.75, 3.05) is 13.2 Å². The summed E-state index contributed by atoms with van der Waals surface area (Å²) in [7, 11) is 0. The van der Waals surface area contributed by atoms with E-state index in [2.05, 4.69) is 47.1 Å². The van der Waals surface area contributed by atoms with Crippen molar-refractivity contribution in [2.24, 2.45) is 22.1 Å². The van der Waals surface area contributed by atoms with Crippen molar-refractivity contribution in [2.45, 2.75) is 144 Å². The average Bonchev–Trinajstić information content (AvgIpc) is 1.57. The van der Waals surface area contributed by atoms with Gasteiger partial charge >= 0.3 is 35.6 Å². The number of carbonyl (C=O) groups excluding carboxylic acids is 4. The molecule has 0 amide bonds. The summed E-state index contributed by atoms with van der Waals surface area (Å²) in [5, 5.41) is 14.1. The quantitative estimate of drug-likeness (QED) is 0.0138. The number of unbranched alkanes of at least 4 members (excludes halogenated alkanes) is 2. The SMILES string of the molecule is CCCCC(CC)Cn1c2ccc(C(=NOC(C)=O)c3ccccc3)cc2c2cc(C(=O)c3ccc(OCC(F)(F)C(F)(F)C(F)(F)C(F)(F)COc4ccc(C(=O)c5cc6c7cc(C(=NOC(C)=O)c8ccccc8)ccc7n(CC(CC)CCCC)c6c6ccccc56)c(C)c4)cc3C)c3ccccc3c21. The number of alkyl halides is 8. The number of benzene rings is 10. The highest BCUT2D eigenvalue weighted by Crippen LogP contribution is 2.53. The number of hydrogen-bond acceptors (Lipinski definition) is 10. The summed E-state index contributed by atoms with van der Waals surface area (Å²) < 4.78 is 140. The Balaban J connectivity index is 0.788. The molecule has 2 heterocycles. The van der Waals surface area contributed by atoms with E-state index in [9.17, 15) is 9.59 Å². The molecular weight excluding hydrogens is 1390 g/mol. The van der Waals surface area contributed by atoms with E-state index in [0.29, 0.717) is 80.1 Å². The zero-order valence-electron chi connectivity index (χ0n) is 61.2. The predicted octanol–water partition coefficient (Wildman–Crippen LogP) is 22.4. The highest BCUT2D eigenvalue weighted by atomic mass is 19.4. The van der Waals surface area contributed by atoms with E-state index in [4.69, 9.17) is 19.1 Å². The van der Waals surface area contributed by atoms with Gasteiger partial charge in [0.05, 0.1) is 11.0 Å². The molecule has 12 aromatic rings. The van der Waals surface area contributed by atoms with E-state index in [-0.39, 0.29) is 33.4 Å². The number of ether oxygens (including phenoxy) is 2. The number of halogens is 8. The standard InChI is InChI=1S/C88H82F8N4O8/c1-9-13-25-57(11-3)49-99-77-41-35-61(79(97-107-55(7)101)59-27-17-15-18-28-59)45-71(77)73-47-75(67-31-21-23-33-69(67)81(73)99)83(103)65-39-37-63(43-53(65)5)105-51-85(89,90)87(93,94)88(95,96)86(91,92)52-106-64-38-40-66(54(6)44-64)84(104)76-48-74-72-46-62(80(98-108-56(8)102)60-29-19-16-20-30-60)36-42-78(72)100(50-58(12-4)26-14-10-2)82(74)70-34-24-22-32-68(70)76/h15-24,27-48,57-58H,9-14,25-26,49-52H2,1-8H3. The highest BCUT2D eigenvalue weighted by molar-refractivity contribution is 6.29. The first kappa shape index (κ1) is 76.6. The molecule has 0 saturated carbocycles. The predicted molar refractivity (Wildman–Crippen MR) is 408 cm³/mol. The molecule has 0 aliphatic heterocycles. The van der Waals surface area contributed by atoms with Gasteiger partial charge in [0.15, 0.2) is 24.8 Å². The van der Waals surface area contributed by atoms with E-state index in [1.54, 1.807) is 36.4 Å². The largest absolute Gasteiger partial charge is 0.487 e. The van der Waals surface area contributed by atoms with Crippen LogP contribution in [0.4, 0.5) is 35.1 Å². The van der Waals surface area contributed by atoms with Crippen LogP contribution in [0.25, 0.3) is 65.2 Å². The van der Waals surface area contributed by atoms with Crippen LogP contribution in [0.5, 0.6) is 11.5 Å². The Morgan fingerprint density at radius 2 is 0.759 bits per heavy atom. The van der Waals surface area contributed by atoms with Gasteiger partial charge in [-0.1, -0.05) is 198 Å². The minimum Gasteiger partial charge on any atom is -0.487 e. The lowest BCUT2D eigenvalue weighted by Gasteiger charge is -2.36. The molecule has 0 saturated heterocycles. The van der Waals surface area contributed by atoms with Gasteiger partial charge in [-0.3, -0.25) is 9.59 Å². The van der Waals surface area contributed by atoms with Gasteiger partial charge in [-0.15, -0.1) is 0 Å². The molecule has 12 nitrogen and oxygen atoms in total. The van der Waals surface area contributed by atoms with Gasteiger partial charge in [0.1, 0.15) is 22.9 Å². The van der Waals surface area contributed by atoms with E-state index < -0.39 is 71.9 Å². The van der Waals surface area contributed by atoms with Crippen LogP contribution in [0.3, 0.4) is 0 Å². The molecule has 0 N–H and O–H groups in total. The van der Waals surface area contributed by atoms with Crippen LogP contribution in [0.2, 0.25) is 0 Å². The second-order valence-corrected chi connectivity index (χ2v) is 27.8. The molecule has 0 fully saturated rings. The smallest absolute Gasteiger partial charge is 0.381 e. The van der Waals surface area contributed by atoms with Crippen LogP contribution in [-0.4, -0.2) is 81.0 Å². The Hall–Kier alpha value is -11.0. The van der Waals surface area contributed by atoms with Gasteiger partial charge in [-0.05, 0) is 133 Å². The molecule has 0 radical (unpaired) electrons. The Morgan fingerprint density at radius 3 is 1.10 bits per heavy atom. The Morgan fingerprint density at radius 1 is 0.398 bits per heavy atom. The first-order valence-corrected chi connectivity index (χ1v) is 36.4. The molecule has 0 aliphatic rings. The molecule has 0 spiro atoms. The molecule has 0 bridgehead atoms. The molecule has 558 valence electrons. The van der Waals surface area contributed by atoms with Gasteiger partial charge in [0, 0.05) is 115 Å². The maximum absolute atomic E-state index is 15.7. The molecule has 0 aliphatic carbocycles. The number of ketones is 2. The number of carbonyl (C=O) groups is 4. The molecule has 20 heteroatoms. The van der Waals surface area contributed by atoms with Gasteiger partial charge in [-0.2, -0.15) is 35.1 Å². The maximum atomic E-state index is 15.7. The van der Waals surface area contributed by atoms with Crippen molar-refractivity contribution in [3.63, 3.8) is 0 Å². The normalized spacial score (nSPS) is 13.3. The van der Waals surface area contributed by atoms with Crippen molar-refractivity contribution < 1.29 is 73.5 Å². The van der Waals surface area contributed by atoms with Gasteiger partial charge in [-0.25, -0.2) is 9.59 Å². The lowest BCUT2D eigenvalue weighted by atomic mass is 9.92. The molecule has 12 rings (SSSR count). The fraction of sp³-hybridized carbons (Fsp3) is 0.295. The lowest BCUT2D eigenvalue weighted by Crippen LogP contribution is -2.65. The van der Waals surface area contributed by atoms with Crippen molar-refractivity contribution in [1.82, 2.24) is 9.13 Å². The molecule has 2 unspecified atom stereocenters.